The summed E-state index contributed by atoms with van der Waals surface area (Å²) < 4.78 is 43.3. The molecule has 0 radical (unpaired) electrons. The van der Waals surface area contributed by atoms with E-state index < -0.39 is 11.7 Å². The second-order valence-corrected chi connectivity index (χ2v) is 9.93. The first-order chi connectivity index (χ1) is 19.7. The maximum absolute atomic E-state index is 16.0. The zero-order valence-corrected chi connectivity index (χ0v) is 23.7. The van der Waals surface area contributed by atoms with Gasteiger partial charge in [-0.2, -0.15) is 0 Å². The SMILES string of the molecule is C#C.C=C/C=C(/C1=CCC=C1)c1nc(Cc2c(N)ccc(C(/C=C(\C=C)CN3CCC(F)(F)C3)=C/C)c2F)[nH]c1C. The van der Waals surface area contributed by atoms with Gasteiger partial charge >= 0.3 is 0 Å². The number of terminal acetylenes is 1. The molecular weight excluding hydrogens is 521 g/mol. The molecule has 0 saturated carbocycles. The Morgan fingerprint density at radius 1 is 1.27 bits per heavy atom. The molecule has 4 rings (SSSR count). The Bertz CT molecular complexity index is 1460. The quantitative estimate of drug-likeness (QED) is 0.179. The van der Waals surface area contributed by atoms with Crippen LogP contribution in [-0.4, -0.2) is 40.4 Å². The molecule has 1 aliphatic heterocycles. The first-order valence-electron chi connectivity index (χ1n) is 13.4. The largest absolute Gasteiger partial charge is 0.398 e. The van der Waals surface area contributed by atoms with Crippen molar-refractivity contribution in [1.29, 1.82) is 0 Å². The molecule has 1 aromatic carbocycles. The molecule has 2 aromatic rings. The minimum atomic E-state index is -2.68. The van der Waals surface area contributed by atoms with Crippen molar-refractivity contribution in [2.24, 2.45) is 0 Å². The molecule has 2 heterocycles. The third-order valence-electron chi connectivity index (χ3n) is 7.06. The van der Waals surface area contributed by atoms with Crippen molar-refractivity contribution in [3.05, 3.63) is 119 Å². The highest BCUT2D eigenvalue weighted by Gasteiger charge is 2.38. The van der Waals surface area contributed by atoms with Crippen LogP contribution in [0, 0.1) is 25.6 Å². The normalized spacial score (nSPS) is 17.2. The second-order valence-electron chi connectivity index (χ2n) is 9.93. The molecule has 2 aliphatic rings. The monoisotopic (exact) mass is 558 g/mol. The van der Waals surface area contributed by atoms with Crippen molar-refractivity contribution in [3.63, 3.8) is 0 Å². The van der Waals surface area contributed by atoms with E-state index in [0.29, 0.717) is 41.3 Å². The van der Waals surface area contributed by atoms with Crippen LogP contribution in [0.1, 0.15) is 48.1 Å². The molecule has 0 bridgehead atoms. The van der Waals surface area contributed by atoms with E-state index in [1.54, 1.807) is 41.3 Å². The lowest BCUT2D eigenvalue weighted by Gasteiger charge is -2.17. The zero-order valence-electron chi connectivity index (χ0n) is 23.7. The van der Waals surface area contributed by atoms with Gasteiger partial charge in [-0.15, -0.1) is 12.8 Å². The number of nitrogen functional groups attached to an aromatic ring is 1. The maximum atomic E-state index is 16.0. The van der Waals surface area contributed by atoms with Crippen molar-refractivity contribution in [2.45, 2.75) is 39.0 Å². The van der Waals surface area contributed by atoms with Gasteiger partial charge in [0.2, 0.25) is 0 Å². The Kier molecular flexibility index (Phi) is 10.6. The molecule has 7 heteroatoms. The first-order valence-corrected chi connectivity index (χ1v) is 13.4. The zero-order chi connectivity index (χ0) is 30.2. The third-order valence-corrected chi connectivity index (χ3v) is 7.06. The van der Waals surface area contributed by atoms with Crippen LogP contribution in [0.25, 0.3) is 11.1 Å². The molecule has 0 spiro atoms. The van der Waals surface area contributed by atoms with Gasteiger partial charge < -0.3 is 10.7 Å². The van der Waals surface area contributed by atoms with Crippen LogP contribution >= 0.6 is 0 Å². The number of aromatic nitrogens is 2. The van der Waals surface area contributed by atoms with E-state index >= 15 is 4.39 Å². The number of aromatic amines is 1. The summed E-state index contributed by atoms with van der Waals surface area (Å²) in [7, 11) is 0. The van der Waals surface area contributed by atoms with Crippen molar-refractivity contribution in [1.82, 2.24) is 14.9 Å². The van der Waals surface area contributed by atoms with Crippen molar-refractivity contribution in [2.75, 3.05) is 25.4 Å². The Morgan fingerprint density at radius 2 is 2.02 bits per heavy atom. The van der Waals surface area contributed by atoms with Crippen molar-refractivity contribution in [3.8, 4) is 12.8 Å². The number of aryl methyl sites for hydroxylation is 1. The van der Waals surface area contributed by atoms with Crippen molar-refractivity contribution >= 4 is 16.8 Å². The van der Waals surface area contributed by atoms with E-state index in [1.165, 1.54) is 0 Å². The fraction of sp³-hybridized carbons (Fsp3) is 0.265. The summed E-state index contributed by atoms with van der Waals surface area (Å²) in [6.07, 6.45) is 24.1. The molecule has 0 amide bonds. The summed E-state index contributed by atoms with van der Waals surface area (Å²) in [5.41, 5.74) is 12.3. The molecular formula is C34H37F3N4. The Balaban J connectivity index is 0.00000226. The van der Waals surface area contributed by atoms with E-state index in [9.17, 15) is 8.78 Å². The number of rotatable bonds is 10. The lowest BCUT2D eigenvalue weighted by atomic mass is 9.97. The molecule has 0 unspecified atom stereocenters. The molecule has 1 aliphatic carbocycles. The molecule has 1 fully saturated rings. The maximum Gasteiger partial charge on any atom is 0.261 e. The number of halogens is 3. The molecule has 1 saturated heterocycles. The van der Waals surface area contributed by atoms with Gasteiger partial charge in [-0.25, -0.2) is 18.2 Å². The molecule has 41 heavy (non-hydrogen) atoms. The standard InChI is InChI=1S/C32H35F3N4.C2H2/c1-5-10-26(24-11-8-9-12-24)31-21(4)37-29(38-31)18-27-28(36)14-13-25(30(27)33)23(7-3)17-22(6-2)19-39-16-15-32(34,35)20-39;1-2/h5-8,10-14,17H,1-2,9,15-16,18-20,36H2,3-4H3,(H,37,38);1-2H/b22-17+,23-7+,26-10-;. The van der Waals surface area contributed by atoms with E-state index in [4.69, 9.17) is 10.7 Å². The summed E-state index contributed by atoms with van der Waals surface area (Å²) in [6, 6.07) is 3.33. The van der Waals surface area contributed by atoms with Crippen LogP contribution in [0.2, 0.25) is 0 Å². The number of allylic oxidation sites excluding steroid dienone is 10. The average Bonchev–Trinajstić information content (AvgIpc) is 3.69. The number of alkyl halides is 2. The molecule has 214 valence electrons. The summed E-state index contributed by atoms with van der Waals surface area (Å²) in [4.78, 5) is 9.79. The number of likely N-dealkylation sites (tertiary alicyclic amines) is 1. The minimum absolute atomic E-state index is 0.156. The number of nitrogens with two attached hydrogens (primary N) is 1. The van der Waals surface area contributed by atoms with Crippen molar-refractivity contribution < 1.29 is 13.2 Å². The summed E-state index contributed by atoms with van der Waals surface area (Å²) >= 11 is 0. The van der Waals surface area contributed by atoms with Crippen LogP contribution < -0.4 is 5.73 Å². The van der Waals surface area contributed by atoms with E-state index in [1.807, 2.05) is 19.9 Å². The third kappa shape index (κ3) is 7.47. The van der Waals surface area contributed by atoms with Gasteiger partial charge in [-0.3, -0.25) is 4.90 Å². The topological polar surface area (TPSA) is 57.9 Å². The fourth-order valence-electron chi connectivity index (χ4n) is 5.05. The predicted octanol–water partition coefficient (Wildman–Crippen LogP) is 7.59. The number of nitrogens with zero attached hydrogens (tertiary/aromatic N) is 2. The fourth-order valence-corrected chi connectivity index (χ4v) is 5.05. The number of anilines is 1. The molecule has 4 nitrogen and oxygen atoms in total. The summed E-state index contributed by atoms with van der Waals surface area (Å²) in [5, 5.41) is 0. The Labute approximate surface area is 241 Å². The lowest BCUT2D eigenvalue weighted by Crippen LogP contribution is -2.26. The highest BCUT2D eigenvalue weighted by Crippen LogP contribution is 2.32. The second kappa shape index (κ2) is 13.9. The van der Waals surface area contributed by atoms with Gasteiger partial charge in [-0.05, 0) is 49.1 Å². The minimum Gasteiger partial charge on any atom is -0.398 e. The number of hydrogen-bond acceptors (Lipinski definition) is 3. The smallest absolute Gasteiger partial charge is 0.261 e. The van der Waals surface area contributed by atoms with Gasteiger partial charge in [0.25, 0.3) is 5.92 Å². The van der Waals surface area contributed by atoms with Gasteiger partial charge in [0.15, 0.2) is 0 Å². The number of nitrogens with one attached hydrogen (secondary N) is 1. The van der Waals surface area contributed by atoms with Gasteiger partial charge in [0.1, 0.15) is 11.6 Å². The van der Waals surface area contributed by atoms with Crippen LogP contribution in [0.4, 0.5) is 18.9 Å². The van der Waals surface area contributed by atoms with Gasteiger partial charge in [-0.1, -0.05) is 61.8 Å². The van der Waals surface area contributed by atoms with Crippen LogP contribution in [0.5, 0.6) is 0 Å². The van der Waals surface area contributed by atoms with Crippen LogP contribution in [0.15, 0.2) is 85.0 Å². The van der Waals surface area contributed by atoms with Gasteiger partial charge in [0, 0.05) is 54.0 Å². The number of H-pyrrole nitrogens is 1. The average molecular weight is 559 g/mol. The van der Waals surface area contributed by atoms with Crippen LogP contribution in [-0.2, 0) is 6.42 Å². The number of benzene rings is 1. The highest BCUT2D eigenvalue weighted by atomic mass is 19.3. The van der Waals surface area contributed by atoms with Gasteiger partial charge in [0.05, 0.1) is 12.2 Å². The number of hydrogen-bond donors (Lipinski definition) is 2. The summed E-state index contributed by atoms with van der Waals surface area (Å²) in [6.45, 7) is 11.8. The summed E-state index contributed by atoms with van der Waals surface area (Å²) in [5.74, 6) is -2.51. The molecule has 1 aromatic heterocycles. The Morgan fingerprint density at radius 3 is 2.61 bits per heavy atom. The molecule has 3 N–H and O–H groups in total. The molecule has 0 atom stereocenters. The Hall–Kier alpha value is -4.28. The lowest BCUT2D eigenvalue weighted by molar-refractivity contribution is 0.0131. The first kappa shape index (κ1) is 31.3. The van der Waals surface area contributed by atoms with Crippen LogP contribution in [0.3, 0.4) is 0 Å². The van der Waals surface area contributed by atoms with E-state index in [0.717, 1.165) is 34.5 Å². The van der Waals surface area contributed by atoms with E-state index in [2.05, 4.69) is 49.2 Å². The highest BCUT2D eigenvalue weighted by molar-refractivity contribution is 5.83. The van der Waals surface area contributed by atoms with E-state index in [-0.39, 0.29) is 19.4 Å². The number of imidazole rings is 1. The predicted molar refractivity (Wildman–Crippen MR) is 165 cm³/mol.